The third-order valence-corrected chi connectivity index (χ3v) is 1.30. The van der Waals surface area contributed by atoms with Gasteiger partial charge in [0.25, 0.3) is 0 Å². The van der Waals surface area contributed by atoms with Gasteiger partial charge in [-0.15, -0.1) is 0 Å². The molecule has 0 fully saturated rings. The zero-order valence-electron chi connectivity index (χ0n) is 6.73. The van der Waals surface area contributed by atoms with Crippen LogP contribution in [-0.2, 0) is 0 Å². The minimum Gasteiger partial charge on any atom is -0.266 e. The van der Waals surface area contributed by atoms with Crippen molar-refractivity contribution < 1.29 is 0 Å². The Morgan fingerprint density at radius 3 is 2.00 bits per heavy atom. The zero-order chi connectivity index (χ0) is 7.28. The summed E-state index contributed by atoms with van der Waals surface area (Å²) in [7, 11) is 0. The molecular weight excluding hydrogens is 110 g/mol. The number of rotatable bonds is 0. The summed E-state index contributed by atoms with van der Waals surface area (Å²) in [5.41, 5.74) is 2.60. The summed E-state index contributed by atoms with van der Waals surface area (Å²) in [5, 5.41) is 0. The second-order valence-electron chi connectivity index (χ2n) is 1.88. The van der Waals surface area contributed by atoms with E-state index < -0.39 is 0 Å². The van der Waals surface area contributed by atoms with Crippen molar-refractivity contribution in [3.05, 3.63) is 11.3 Å². The van der Waals surface area contributed by atoms with Crippen LogP contribution in [0.25, 0.3) is 0 Å². The molecule has 0 saturated carbocycles. The number of nitrogens with zero attached hydrogens (tertiary/aromatic N) is 1. The summed E-state index contributed by atoms with van der Waals surface area (Å²) < 4.78 is 0. The van der Waals surface area contributed by atoms with Crippen molar-refractivity contribution in [3.8, 4) is 0 Å². The molecule has 0 amide bonds. The Morgan fingerprint density at radius 1 is 1.33 bits per heavy atom. The molecule has 52 valence electrons. The zero-order valence-corrected chi connectivity index (χ0v) is 6.73. The molecule has 0 bridgehead atoms. The van der Waals surface area contributed by atoms with E-state index in [4.69, 9.17) is 0 Å². The van der Waals surface area contributed by atoms with Crippen LogP contribution in [-0.4, -0.2) is 6.21 Å². The van der Waals surface area contributed by atoms with Gasteiger partial charge in [-0.1, -0.05) is 13.8 Å². The second kappa shape index (κ2) is 4.30. The SMILES string of the molecule is CC.CC1=C(C)N=CC1. The minimum absolute atomic E-state index is 1.06. The van der Waals surface area contributed by atoms with Gasteiger partial charge in [0.15, 0.2) is 0 Å². The van der Waals surface area contributed by atoms with Gasteiger partial charge in [-0.2, -0.15) is 0 Å². The average Bonchev–Trinajstić information content (AvgIpc) is 2.23. The summed E-state index contributed by atoms with van der Waals surface area (Å²) in [6.07, 6.45) is 3.01. The summed E-state index contributed by atoms with van der Waals surface area (Å²) >= 11 is 0. The highest BCUT2D eigenvalue weighted by Crippen LogP contribution is 2.12. The van der Waals surface area contributed by atoms with E-state index in [0.29, 0.717) is 0 Å². The van der Waals surface area contributed by atoms with E-state index in [1.165, 1.54) is 11.3 Å². The largest absolute Gasteiger partial charge is 0.266 e. The van der Waals surface area contributed by atoms with Crippen LogP contribution < -0.4 is 0 Å². The molecule has 0 aromatic carbocycles. The van der Waals surface area contributed by atoms with Gasteiger partial charge in [0, 0.05) is 18.3 Å². The van der Waals surface area contributed by atoms with Crippen molar-refractivity contribution in [2.24, 2.45) is 4.99 Å². The Morgan fingerprint density at radius 2 is 1.89 bits per heavy atom. The molecule has 1 heteroatoms. The van der Waals surface area contributed by atoms with Crippen LogP contribution in [0.3, 0.4) is 0 Å². The molecule has 1 aliphatic rings. The summed E-state index contributed by atoms with van der Waals surface area (Å²) in [5.74, 6) is 0. The van der Waals surface area contributed by atoms with E-state index >= 15 is 0 Å². The van der Waals surface area contributed by atoms with E-state index in [9.17, 15) is 0 Å². The third-order valence-electron chi connectivity index (χ3n) is 1.30. The van der Waals surface area contributed by atoms with Crippen LogP contribution in [0, 0.1) is 0 Å². The van der Waals surface area contributed by atoms with Gasteiger partial charge in [-0.3, -0.25) is 4.99 Å². The molecular formula is C8H15N. The molecule has 1 nitrogen and oxygen atoms in total. The Hall–Kier alpha value is -0.590. The molecule has 1 aliphatic heterocycles. The first-order valence-corrected chi connectivity index (χ1v) is 3.49. The first-order chi connectivity index (χ1) is 4.30. The van der Waals surface area contributed by atoms with Gasteiger partial charge >= 0.3 is 0 Å². The van der Waals surface area contributed by atoms with Gasteiger partial charge in [0.2, 0.25) is 0 Å². The molecule has 0 radical (unpaired) electrons. The minimum atomic E-state index is 1.06. The van der Waals surface area contributed by atoms with Gasteiger partial charge in [-0.05, 0) is 19.4 Å². The number of hydrogen-bond donors (Lipinski definition) is 0. The maximum absolute atomic E-state index is 4.07. The van der Waals surface area contributed by atoms with Gasteiger partial charge in [0.05, 0.1) is 0 Å². The first-order valence-electron chi connectivity index (χ1n) is 3.49. The normalized spacial score (nSPS) is 15.6. The van der Waals surface area contributed by atoms with Crippen LogP contribution >= 0.6 is 0 Å². The van der Waals surface area contributed by atoms with Crippen LogP contribution in [0.1, 0.15) is 34.1 Å². The van der Waals surface area contributed by atoms with E-state index in [1.807, 2.05) is 27.0 Å². The van der Waals surface area contributed by atoms with E-state index in [0.717, 1.165) is 6.42 Å². The van der Waals surface area contributed by atoms with Crippen LogP contribution in [0.15, 0.2) is 16.3 Å². The van der Waals surface area contributed by atoms with E-state index in [-0.39, 0.29) is 0 Å². The van der Waals surface area contributed by atoms with Gasteiger partial charge in [0.1, 0.15) is 0 Å². The summed E-state index contributed by atoms with van der Waals surface area (Å²) in [4.78, 5) is 4.07. The average molecular weight is 125 g/mol. The van der Waals surface area contributed by atoms with Crippen molar-refractivity contribution in [1.29, 1.82) is 0 Å². The van der Waals surface area contributed by atoms with Crippen molar-refractivity contribution in [2.45, 2.75) is 34.1 Å². The summed E-state index contributed by atoms with van der Waals surface area (Å²) in [6.45, 7) is 8.15. The molecule has 0 unspecified atom stereocenters. The van der Waals surface area contributed by atoms with Gasteiger partial charge < -0.3 is 0 Å². The van der Waals surface area contributed by atoms with Crippen molar-refractivity contribution >= 4 is 6.21 Å². The molecule has 0 spiro atoms. The highest BCUT2D eigenvalue weighted by Gasteiger charge is 1.97. The molecule has 1 heterocycles. The molecule has 1 rings (SSSR count). The highest BCUT2D eigenvalue weighted by molar-refractivity contribution is 5.66. The summed E-state index contributed by atoms with van der Waals surface area (Å²) in [6, 6.07) is 0. The van der Waals surface area contributed by atoms with E-state index in [2.05, 4.69) is 11.9 Å². The smallest absolute Gasteiger partial charge is 0.0361 e. The number of hydrogen-bond acceptors (Lipinski definition) is 1. The lowest BCUT2D eigenvalue weighted by Gasteiger charge is -1.85. The molecule has 0 N–H and O–H groups in total. The van der Waals surface area contributed by atoms with E-state index in [1.54, 1.807) is 0 Å². The van der Waals surface area contributed by atoms with Gasteiger partial charge in [-0.25, -0.2) is 0 Å². The Bertz CT molecular complexity index is 132. The topological polar surface area (TPSA) is 12.4 Å². The quantitative estimate of drug-likeness (QED) is 0.472. The second-order valence-corrected chi connectivity index (χ2v) is 1.88. The lowest BCUT2D eigenvalue weighted by molar-refractivity contribution is 1.22. The lowest BCUT2D eigenvalue weighted by Crippen LogP contribution is -1.69. The monoisotopic (exact) mass is 125 g/mol. The van der Waals surface area contributed by atoms with Crippen LogP contribution in [0.2, 0.25) is 0 Å². The maximum Gasteiger partial charge on any atom is 0.0361 e. The molecule has 0 saturated heterocycles. The third kappa shape index (κ3) is 2.45. The Labute approximate surface area is 57.5 Å². The van der Waals surface area contributed by atoms with Crippen molar-refractivity contribution in [1.82, 2.24) is 0 Å². The highest BCUT2D eigenvalue weighted by atomic mass is 14.7. The maximum atomic E-state index is 4.07. The molecule has 0 atom stereocenters. The van der Waals surface area contributed by atoms with Crippen molar-refractivity contribution in [3.63, 3.8) is 0 Å². The fraction of sp³-hybridized carbons (Fsp3) is 0.625. The molecule has 9 heavy (non-hydrogen) atoms. The van der Waals surface area contributed by atoms with Crippen LogP contribution in [0.5, 0.6) is 0 Å². The lowest BCUT2D eigenvalue weighted by atomic mass is 10.2. The molecule has 0 aromatic rings. The number of aliphatic imine (C=N–C) groups is 1. The van der Waals surface area contributed by atoms with Crippen molar-refractivity contribution in [2.75, 3.05) is 0 Å². The molecule has 0 aliphatic carbocycles. The predicted molar refractivity (Wildman–Crippen MR) is 42.8 cm³/mol. The standard InChI is InChI=1S/C6H9N.C2H6/c1-5-3-4-7-6(5)2;1-2/h4H,3H2,1-2H3;1-2H3. The first kappa shape index (κ1) is 8.41. The number of allylic oxidation sites excluding steroid dienone is 2. The fourth-order valence-electron chi connectivity index (χ4n) is 0.577. The fourth-order valence-corrected chi connectivity index (χ4v) is 0.577. The Balaban J connectivity index is 0.000000291. The van der Waals surface area contributed by atoms with Crippen LogP contribution in [0.4, 0.5) is 0 Å². The Kier molecular flexibility index (Phi) is 4.02. The molecule has 0 aromatic heterocycles. The predicted octanol–water partition coefficient (Wildman–Crippen LogP) is 2.78.